The molecule has 6 heteroatoms. The fourth-order valence-electron chi connectivity index (χ4n) is 3.34. The van der Waals surface area contributed by atoms with Crippen LogP contribution in [-0.2, 0) is 9.22 Å². The van der Waals surface area contributed by atoms with Crippen molar-refractivity contribution in [2.24, 2.45) is 0 Å². The van der Waals surface area contributed by atoms with Crippen molar-refractivity contribution in [3.05, 3.63) is 71.8 Å². The van der Waals surface area contributed by atoms with Crippen LogP contribution in [0.25, 0.3) is 0 Å². The maximum atomic E-state index is 12.8. The molecule has 0 unspecified atom stereocenters. The first kappa shape index (κ1) is 21.9. The van der Waals surface area contributed by atoms with Gasteiger partial charge in [0.15, 0.2) is 14.4 Å². The number of benzene rings is 2. The summed E-state index contributed by atoms with van der Waals surface area (Å²) in [4.78, 5) is 25.0. The molecule has 2 N–H and O–H groups in total. The molecular weight excluding hydrogens is 370 g/mol. The fourth-order valence-corrected chi connectivity index (χ4v) is 6.11. The summed E-state index contributed by atoms with van der Waals surface area (Å²) < 4.78 is 6.33. The highest BCUT2D eigenvalue weighted by atomic mass is 28.4. The third-order valence-corrected chi connectivity index (χ3v) is 9.96. The van der Waals surface area contributed by atoms with Crippen molar-refractivity contribution >= 4 is 20.2 Å². The normalized spacial score (nSPS) is 13.5. The minimum absolute atomic E-state index is 0.318. The summed E-state index contributed by atoms with van der Waals surface area (Å²) in [7, 11) is -2.20. The standard InChI is InChI=1S/C22H29NO4Si/c1-4-28(5-2,6-3)27-20(22(25)26)19(17-13-9-7-10-14-17)23-21(24)18-15-11-8-12-16-18/h7-16,19-20H,4-6H2,1-3H3,(H,23,24)(H,25,26)/t19-,20+/m0/s1. The van der Waals surface area contributed by atoms with Crippen molar-refractivity contribution in [3.63, 3.8) is 0 Å². The number of carboxylic acid groups (broad SMARTS) is 1. The highest BCUT2D eigenvalue weighted by Gasteiger charge is 2.40. The lowest BCUT2D eigenvalue weighted by molar-refractivity contribution is -0.147. The molecule has 0 aliphatic carbocycles. The Balaban J connectivity index is 2.40. The monoisotopic (exact) mass is 399 g/mol. The van der Waals surface area contributed by atoms with Gasteiger partial charge in [-0.1, -0.05) is 69.3 Å². The van der Waals surface area contributed by atoms with E-state index in [0.29, 0.717) is 11.1 Å². The van der Waals surface area contributed by atoms with Crippen LogP contribution in [0.5, 0.6) is 0 Å². The van der Waals surface area contributed by atoms with E-state index in [1.54, 1.807) is 24.3 Å². The lowest BCUT2D eigenvalue weighted by Gasteiger charge is -2.35. The lowest BCUT2D eigenvalue weighted by Crippen LogP contribution is -2.49. The van der Waals surface area contributed by atoms with Crippen molar-refractivity contribution in [1.82, 2.24) is 5.32 Å². The Hall–Kier alpha value is -2.44. The van der Waals surface area contributed by atoms with Gasteiger partial charge in [0.2, 0.25) is 0 Å². The zero-order valence-electron chi connectivity index (χ0n) is 16.7. The minimum atomic E-state index is -2.20. The Morgan fingerprint density at radius 2 is 1.43 bits per heavy atom. The molecule has 28 heavy (non-hydrogen) atoms. The molecule has 0 heterocycles. The van der Waals surface area contributed by atoms with Crippen LogP contribution in [0, 0.1) is 0 Å². The van der Waals surface area contributed by atoms with Crippen LogP contribution in [0.4, 0.5) is 0 Å². The van der Waals surface area contributed by atoms with Gasteiger partial charge in [0.25, 0.3) is 5.91 Å². The summed E-state index contributed by atoms with van der Waals surface area (Å²) in [6.07, 6.45) is -1.14. The predicted molar refractivity (Wildman–Crippen MR) is 113 cm³/mol. The quantitative estimate of drug-likeness (QED) is 0.571. The van der Waals surface area contributed by atoms with Crippen molar-refractivity contribution in [2.45, 2.75) is 51.0 Å². The molecule has 2 aromatic carbocycles. The molecule has 0 saturated carbocycles. The topological polar surface area (TPSA) is 75.6 Å². The van der Waals surface area contributed by atoms with E-state index in [1.807, 2.05) is 36.4 Å². The maximum absolute atomic E-state index is 12.8. The predicted octanol–water partition coefficient (Wildman–Crippen LogP) is 4.63. The second kappa shape index (κ2) is 10.2. The Labute approximate surface area is 167 Å². The number of aliphatic carboxylic acids is 1. The van der Waals surface area contributed by atoms with Crippen LogP contribution < -0.4 is 5.32 Å². The summed E-state index contributed by atoms with van der Waals surface area (Å²) in [5, 5.41) is 12.9. The second-order valence-electron chi connectivity index (χ2n) is 6.85. The van der Waals surface area contributed by atoms with Crippen LogP contribution in [-0.4, -0.2) is 31.4 Å². The number of carbonyl (C=O) groups is 2. The Kier molecular flexibility index (Phi) is 7.96. The lowest BCUT2D eigenvalue weighted by atomic mass is 10.0. The molecule has 1 amide bonds. The minimum Gasteiger partial charge on any atom is -0.479 e. The smallest absolute Gasteiger partial charge is 0.334 e. The number of hydrogen-bond acceptors (Lipinski definition) is 3. The first-order chi connectivity index (χ1) is 13.5. The van der Waals surface area contributed by atoms with Crippen LogP contribution in [0.3, 0.4) is 0 Å². The van der Waals surface area contributed by atoms with Crippen LogP contribution in [0.15, 0.2) is 60.7 Å². The number of amides is 1. The maximum Gasteiger partial charge on any atom is 0.334 e. The zero-order valence-corrected chi connectivity index (χ0v) is 17.7. The molecule has 5 nitrogen and oxygen atoms in total. The Bertz CT molecular complexity index is 754. The van der Waals surface area contributed by atoms with Crippen molar-refractivity contribution < 1.29 is 19.1 Å². The molecule has 150 valence electrons. The molecule has 0 saturated heterocycles. The van der Waals surface area contributed by atoms with Crippen molar-refractivity contribution in [3.8, 4) is 0 Å². The van der Waals surface area contributed by atoms with Gasteiger partial charge in [-0.2, -0.15) is 0 Å². The van der Waals surface area contributed by atoms with Gasteiger partial charge in [0, 0.05) is 5.56 Å². The Morgan fingerprint density at radius 3 is 1.89 bits per heavy atom. The van der Waals surface area contributed by atoms with Crippen LogP contribution in [0.1, 0.15) is 42.7 Å². The summed E-state index contributed by atoms with van der Waals surface area (Å²) in [5.74, 6) is -1.38. The number of nitrogens with one attached hydrogen (secondary N) is 1. The van der Waals surface area contributed by atoms with E-state index in [0.717, 1.165) is 18.1 Å². The third-order valence-electron chi connectivity index (χ3n) is 5.34. The molecule has 0 aliphatic rings. The average Bonchev–Trinajstić information content (AvgIpc) is 2.75. The number of carbonyl (C=O) groups excluding carboxylic acids is 1. The molecule has 0 spiro atoms. The first-order valence-corrected chi connectivity index (χ1v) is 12.3. The molecule has 0 bridgehead atoms. The summed E-state index contributed by atoms with van der Waals surface area (Å²) in [5.41, 5.74) is 1.20. The van der Waals surface area contributed by atoms with Gasteiger partial charge < -0.3 is 14.8 Å². The molecule has 2 aromatic rings. The molecule has 0 aliphatic heterocycles. The van der Waals surface area contributed by atoms with Crippen molar-refractivity contribution in [2.75, 3.05) is 0 Å². The summed E-state index contributed by atoms with van der Waals surface area (Å²) in [6.45, 7) is 6.16. The summed E-state index contributed by atoms with van der Waals surface area (Å²) in [6, 6.07) is 19.7. The van der Waals surface area contributed by atoms with E-state index in [2.05, 4.69) is 26.1 Å². The average molecular weight is 400 g/mol. The third kappa shape index (κ3) is 5.30. The van der Waals surface area contributed by atoms with Gasteiger partial charge >= 0.3 is 5.97 Å². The van der Waals surface area contributed by atoms with Crippen LogP contribution >= 0.6 is 0 Å². The summed E-state index contributed by atoms with van der Waals surface area (Å²) >= 11 is 0. The van der Waals surface area contributed by atoms with Gasteiger partial charge in [0.1, 0.15) is 0 Å². The van der Waals surface area contributed by atoms with E-state index >= 15 is 0 Å². The molecule has 0 radical (unpaired) electrons. The molecule has 0 fully saturated rings. The molecule has 2 atom stereocenters. The SMILES string of the molecule is CC[Si](CC)(CC)O[C@@H](C(=O)O)[C@@H](NC(=O)c1ccccc1)c1ccccc1. The molecule has 0 aromatic heterocycles. The number of rotatable bonds is 10. The second-order valence-corrected chi connectivity index (χ2v) is 11.6. The van der Waals surface area contributed by atoms with Gasteiger partial charge in [-0.25, -0.2) is 4.79 Å². The van der Waals surface area contributed by atoms with Crippen LogP contribution in [0.2, 0.25) is 18.1 Å². The van der Waals surface area contributed by atoms with E-state index in [1.165, 1.54) is 0 Å². The highest BCUT2D eigenvalue weighted by Crippen LogP contribution is 2.29. The first-order valence-electron chi connectivity index (χ1n) is 9.77. The van der Waals surface area contributed by atoms with Gasteiger partial charge in [-0.15, -0.1) is 0 Å². The van der Waals surface area contributed by atoms with E-state index < -0.39 is 26.4 Å². The van der Waals surface area contributed by atoms with Gasteiger partial charge in [-0.3, -0.25) is 4.79 Å². The van der Waals surface area contributed by atoms with Crippen molar-refractivity contribution in [1.29, 1.82) is 0 Å². The number of hydrogen-bond donors (Lipinski definition) is 2. The van der Waals surface area contributed by atoms with E-state index in [4.69, 9.17) is 4.43 Å². The zero-order chi connectivity index (χ0) is 20.6. The van der Waals surface area contributed by atoms with E-state index in [-0.39, 0.29) is 5.91 Å². The van der Waals surface area contributed by atoms with E-state index in [9.17, 15) is 14.7 Å². The Morgan fingerprint density at radius 1 is 0.929 bits per heavy atom. The van der Waals surface area contributed by atoms with Gasteiger partial charge in [-0.05, 0) is 35.8 Å². The molecule has 2 rings (SSSR count). The molecular formula is C22H29NO4Si. The fraction of sp³-hybridized carbons (Fsp3) is 0.364. The highest BCUT2D eigenvalue weighted by molar-refractivity contribution is 6.73. The van der Waals surface area contributed by atoms with Gasteiger partial charge in [0.05, 0.1) is 6.04 Å². The largest absolute Gasteiger partial charge is 0.479 e. The number of carboxylic acids is 1.